The zero-order valence-corrected chi connectivity index (χ0v) is 13.2. The number of rotatable bonds is 1. The van der Waals surface area contributed by atoms with Crippen LogP contribution in [0.4, 0.5) is 4.79 Å². The average Bonchev–Trinajstić information content (AvgIpc) is 2.50. The third-order valence-electron chi connectivity index (χ3n) is 2.87. The van der Waals surface area contributed by atoms with Gasteiger partial charge in [0.05, 0.1) is 0 Å². The van der Waals surface area contributed by atoms with Crippen molar-refractivity contribution in [3.63, 3.8) is 0 Å². The van der Waals surface area contributed by atoms with Crippen LogP contribution in [0.15, 0.2) is 11.6 Å². The second-order valence-electron chi connectivity index (χ2n) is 6.37. The van der Waals surface area contributed by atoms with Crippen molar-refractivity contribution in [3.8, 4) is 0 Å². The van der Waals surface area contributed by atoms with E-state index in [0.29, 0.717) is 26.2 Å². The molecule has 0 radical (unpaired) electrons. The first kappa shape index (κ1) is 16.5. The fraction of sp³-hybridized carbons (Fsp3) is 0.733. The Morgan fingerprint density at radius 3 is 2.10 bits per heavy atom. The first-order valence-corrected chi connectivity index (χ1v) is 7.11. The molecule has 0 aromatic carbocycles. The zero-order chi connectivity index (χ0) is 15.3. The number of amides is 2. The van der Waals surface area contributed by atoms with Crippen LogP contribution in [-0.4, -0.2) is 53.6 Å². The number of allylic oxidation sites excluding steroid dienone is 1. The lowest BCUT2D eigenvalue weighted by atomic mass is 10.2. The van der Waals surface area contributed by atoms with Gasteiger partial charge in [0.2, 0.25) is 5.91 Å². The Morgan fingerprint density at radius 2 is 1.55 bits per heavy atom. The minimum Gasteiger partial charge on any atom is -0.444 e. The van der Waals surface area contributed by atoms with Gasteiger partial charge in [-0.25, -0.2) is 4.79 Å². The first-order chi connectivity index (χ1) is 9.19. The van der Waals surface area contributed by atoms with Gasteiger partial charge in [-0.05, 0) is 41.0 Å². The van der Waals surface area contributed by atoms with Gasteiger partial charge in [0.25, 0.3) is 0 Å². The Hall–Kier alpha value is -1.52. The fourth-order valence-corrected chi connectivity index (χ4v) is 1.99. The maximum atomic E-state index is 12.0. The smallest absolute Gasteiger partial charge is 0.410 e. The maximum Gasteiger partial charge on any atom is 0.410 e. The second-order valence-corrected chi connectivity index (χ2v) is 6.37. The van der Waals surface area contributed by atoms with E-state index in [2.05, 4.69) is 0 Å². The van der Waals surface area contributed by atoms with Crippen LogP contribution >= 0.6 is 0 Å². The summed E-state index contributed by atoms with van der Waals surface area (Å²) in [4.78, 5) is 27.5. The molecule has 0 aliphatic carbocycles. The highest BCUT2D eigenvalue weighted by Crippen LogP contribution is 2.12. The molecule has 0 N–H and O–H groups in total. The number of hydrogen-bond acceptors (Lipinski definition) is 3. The molecule has 0 atom stereocenters. The summed E-state index contributed by atoms with van der Waals surface area (Å²) in [6, 6.07) is 0. The fourth-order valence-electron chi connectivity index (χ4n) is 1.99. The Labute approximate surface area is 121 Å². The van der Waals surface area contributed by atoms with Gasteiger partial charge in [0.1, 0.15) is 5.60 Å². The molecule has 1 aliphatic rings. The quantitative estimate of drug-likeness (QED) is 0.694. The number of nitrogens with zero attached hydrogens (tertiary/aromatic N) is 2. The molecule has 114 valence electrons. The molecule has 1 saturated heterocycles. The van der Waals surface area contributed by atoms with Crippen LogP contribution < -0.4 is 0 Å². The second kappa shape index (κ2) is 6.77. The van der Waals surface area contributed by atoms with Gasteiger partial charge >= 0.3 is 6.09 Å². The summed E-state index contributed by atoms with van der Waals surface area (Å²) in [6.45, 7) is 11.8. The Bertz CT molecular complexity index is 392. The molecule has 0 aromatic rings. The van der Waals surface area contributed by atoms with Crippen molar-refractivity contribution in [1.29, 1.82) is 0 Å². The third kappa shape index (κ3) is 5.63. The normalized spacial score (nSPS) is 16.4. The molecule has 1 aliphatic heterocycles. The van der Waals surface area contributed by atoms with Gasteiger partial charge in [-0.3, -0.25) is 4.79 Å². The number of hydrogen-bond donors (Lipinski definition) is 0. The standard InChI is InChI=1S/C15H26N2O3/c1-12(2)11-13(18)16-7-6-8-17(10-9-16)14(19)20-15(3,4)5/h11H,6-10H2,1-5H3. The highest BCUT2D eigenvalue weighted by Gasteiger charge is 2.25. The Balaban J connectivity index is 2.57. The van der Waals surface area contributed by atoms with Gasteiger partial charge in [-0.2, -0.15) is 0 Å². The summed E-state index contributed by atoms with van der Waals surface area (Å²) in [6.07, 6.45) is 2.12. The molecule has 0 bridgehead atoms. The summed E-state index contributed by atoms with van der Waals surface area (Å²) in [5, 5.41) is 0. The Morgan fingerprint density at radius 1 is 1.00 bits per heavy atom. The lowest BCUT2D eigenvalue weighted by molar-refractivity contribution is -0.126. The van der Waals surface area contributed by atoms with Crippen LogP contribution in [0, 0.1) is 0 Å². The van der Waals surface area contributed by atoms with Crippen LogP contribution in [0.3, 0.4) is 0 Å². The van der Waals surface area contributed by atoms with E-state index < -0.39 is 5.60 Å². The minimum atomic E-state index is -0.485. The van der Waals surface area contributed by atoms with E-state index in [1.54, 1.807) is 15.9 Å². The van der Waals surface area contributed by atoms with Gasteiger partial charge in [0.15, 0.2) is 0 Å². The summed E-state index contributed by atoms with van der Waals surface area (Å²) < 4.78 is 5.36. The van der Waals surface area contributed by atoms with Gasteiger partial charge < -0.3 is 14.5 Å². The predicted molar refractivity (Wildman–Crippen MR) is 78.4 cm³/mol. The third-order valence-corrected chi connectivity index (χ3v) is 2.87. The monoisotopic (exact) mass is 282 g/mol. The molecule has 2 amide bonds. The van der Waals surface area contributed by atoms with Crippen molar-refractivity contribution in [2.45, 2.75) is 46.6 Å². The first-order valence-electron chi connectivity index (χ1n) is 7.11. The zero-order valence-electron chi connectivity index (χ0n) is 13.2. The summed E-state index contributed by atoms with van der Waals surface area (Å²) >= 11 is 0. The highest BCUT2D eigenvalue weighted by atomic mass is 16.6. The van der Waals surface area contributed by atoms with E-state index in [9.17, 15) is 9.59 Å². The minimum absolute atomic E-state index is 0.0241. The SMILES string of the molecule is CC(C)=CC(=O)N1CCCN(C(=O)OC(C)(C)C)CC1. The van der Waals surface area contributed by atoms with Crippen molar-refractivity contribution < 1.29 is 14.3 Å². The van der Waals surface area contributed by atoms with E-state index >= 15 is 0 Å². The molecular weight excluding hydrogens is 256 g/mol. The molecular formula is C15H26N2O3. The molecule has 0 saturated carbocycles. The Kier molecular flexibility index (Phi) is 5.60. The van der Waals surface area contributed by atoms with E-state index in [4.69, 9.17) is 4.74 Å². The van der Waals surface area contributed by atoms with Crippen molar-refractivity contribution >= 4 is 12.0 Å². The molecule has 1 heterocycles. The van der Waals surface area contributed by atoms with Crippen molar-refractivity contribution in [2.75, 3.05) is 26.2 Å². The predicted octanol–water partition coefficient (Wildman–Crippen LogP) is 2.42. The molecule has 0 spiro atoms. The maximum absolute atomic E-state index is 12.0. The molecule has 20 heavy (non-hydrogen) atoms. The molecule has 0 aromatic heterocycles. The average molecular weight is 282 g/mol. The lowest BCUT2D eigenvalue weighted by Crippen LogP contribution is -2.39. The molecule has 1 fully saturated rings. The van der Waals surface area contributed by atoms with Crippen LogP contribution in [0.2, 0.25) is 0 Å². The largest absolute Gasteiger partial charge is 0.444 e. The van der Waals surface area contributed by atoms with Gasteiger partial charge in [-0.1, -0.05) is 5.57 Å². The van der Waals surface area contributed by atoms with Crippen LogP contribution in [0.5, 0.6) is 0 Å². The van der Waals surface area contributed by atoms with E-state index in [0.717, 1.165) is 12.0 Å². The molecule has 1 rings (SSSR count). The number of carbonyl (C=O) groups is 2. The highest BCUT2D eigenvalue weighted by molar-refractivity contribution is 5.88. The molecule has 5 heteroatoms. The van der Waals surface area contributed by atoms with E-state index in [1.807, 2.05) is 34.6 Å². The van der Waals surface area contributed by atoms with Crippen molar-refractivity contribution in [1.82, 2.24) is 9.80 Å². The summed E-state index contributed by atoms with van der Waals surface area (Å²) in [5.74, 6) is 0.0241. The van der Waals surface area contributed by atoms with Crippen molar-refractivity contribution in [3.05, 3.63) is 11.6 Å². The molecule has 0 unspecified atom stereocenters. The van der Waals surface area contributed by atoms with E-state index in [1.165, 1.54) is 0 Å². The topological polar surface area (TPSA) is 49.9 Å². The van der Waals surface area contributed by atoms with Crippen molar-refractivity contribution in [2.24, 2.45) is 0 Å². The molecule has 5 nitrogen and oxygen atoms in total. The number of carbonyl (C=O) groups excluding carboxylic acids is 2. The lowest BCUT2D eigenvalue weighted by Gasteiger charge is -2.26. The van der Waals surface area contributed by atoms with Crippen LogP contribution in [0.1, 0.15) is 41.0 Å². The van der Waals surface area contributed by atoms with Crippen LogP contribution in [0.25, 0.3) is 0 Å². The van der Waals surface area contributed by atoms with Crippen LogP contribution in [-0.2, 0) is 9.53 Å². The number of ether oxygens (including phenoxy) is 1. The van der Waals surface area contributed by atoms with E-state index in [-0.39, 0.29) is 12.0 Å². The van der Waals surface area contributed by atoms with Gasteiger partial charge in [0, 0.05) is 32.3 Å². The summed E-state index contributed by atoms with van der Waals surface area (Å²) in [5.41, 5.74) is 0.504. The summed E-state index contributed by atoms with van der Waals surface area (Å²) in [7, 11) is 0. The van der Waals surface area contributed by atoms with Gasteiger partial charge in [-0.15, -0.1) is 0 Å².